The minimum absolute atomic E-state index is 0.00881. The summed E-state index contributed by atoms with van der Waals surface area (Å²) in [6.07, 6.45) is 17.6. The summed E-state index contributed by atoms with van der Waals surface area (Å²) >= 11 is 0. The maximum Gasteiger partial charge on any atom is 0.164 e. The second kappa shape index (κ2) is 8.41. The van der Waals surface area contributed by atoms with E-state index >= 15 is 0 Å². The summed E-state index contributed by atoms with van der Waals surface area (Å²) in [4.78, 5) is 0. The van der Waals surface area contributed by atoms with E-state index in [0.717, 1.165) is 31.6 Å². The number of methoxy groups -OCH3 is 1. The highest BCUT2D eigenvalue weighted by molar-refractivity contribution is 5.34. The number of fused-ring (bicyclic) bond motifs is 2. The number of hydrogen-bond donors (Lipinski definition) is 2. The van der Waals surface area contributed by atoms with Crippen LogP contribution in [0.1, 0.15) is 99.8 Å². The van der Waals surface area contributed by atoms with Crippen molar-refractivity contribution in [3.8, 4) is 0 Å². The standard InChI is InChI=1S/C32H52O4/c1-21(10-9-15-27(2,3)34)20-22-13-16-30(7)23-14-17-32-24(11-12-25(33)28(32,4)5)31(23,26(35-8)36-32)19-18-29(22,30)6/h9,14-15,17,21-26,33-34H,10-13,16,18-20H2,1-8H3/b15-9+/t21-,22-,23+,24+,25+,26?,29-,30+,31+,32-/m1/s1. The Labute approximate surface area is 219 Å². The van der Waals surface area contributed by atoms with E-state index in [-0.39, 0.29) is 28.6 Å². The van der Waals surface area contributed by atoms with E-state index in [4.69, 9.17) is 9.47 Å². The zero-order chi connectivity index (χ0) is 26.4. The van der Waals surface area contributed by atoms with Crippen molar-refractivity contribution in [2.45, 2.75) is 123 Å². The lowest BCUT2D eigenvalue weighted by atomic mass is 9.38. The number of rotatable bonds is 6. The molecule has 36 heavy (non-hydrogen) atoms. The Morgan fingerprint density at radius 2 is 1.81 bits per heavy atom. The third-order valence-corrected chi connectivity index (χ3v) is 12.5. The predicted octanol–water partition coefficient (Wildman–Crippen LogP) is 6.66. The third-order valence-electron chi connectivity index (χ3n) is 12.5. The van der Waals surface area contributed by atoms with Crippen LogP contribution in [-0.4, -0.2) is 40.9 Å². The van der Waals surface area contributed by atoms with Gasteiger partial charge in [0.25, 0.3) is 0 Å². The van der Waals surface area contributed by atoms with Crippen molar-refractivity contribution in [1.29, 1.82) is 0 Å². The van der Waals surface area contributed by atoms with Crippen LogP contribution in [0.4, 0.5) is 0 Å². The highest BCUT2D eigenvalue weighted by atomic mass is 16.7. The predicted molar refractivity (Wildman–Crippen MR) is 144 cm³/mol. The minimum Gasteiger partial charge on any atom is -0.392 e. The summed E-state index contributed by atoms with van der Waals surface area (Å²) in [7, 11) is 1.83. The van der Waals surface area contributed by atoms with Crippen molar-refractivity contribution in [3.05, 3.63) is 24.3 Å². The summed E-state index contributed by atoms with van der Waals surface area (Å²) in [6.45, 7) is 15.7. The van der Waals surface area contributed by atoms with E-state index in [2.05, 4.69) is 52.8 Å². The Bertz CT molecular complexity index is 916. The van der Waals surface area contributed by atoms with Crippen molar-refractivity contribution in [2.75, 3.05) is 7.11 Å². The second-order valence-electron chi connectivity index (χ2n) is 15.0. The normalized spacial score (nSPS) is 50.1. The fraction of sp³-hybridized carbons (Fsp3) is 0.875. The van der Waals surface area contributed by atoms with Crippen molar-refractivity contribution < 1.29 is 19.7 Å². The molecule has 4 heteroatoms. The molecule has 0 amide bonds. The van der Waals surface area contributed by atoms with E-state index in [0.29, 0.717) is 23.2 Å². The van der Waals surface area contributed by atoms with E-state index in [1.165, 1.54) is 25.7 Å². The molecule has 5 aliphatic rings. The van der Waals surface area contributed by atoms with Gasteiger partial charge in [0.2, 0.25) is 0 Å². The second-order valence-corrected chi connectivity index (χ2v) is 15.0. The van der Waals surface area contributed by atoms with Crippen LogP contribution in [0.2, 0.25) is 0 Å². The molecular formula is C32H52O4. The summed E-state index contributed by atoms with van der Waals surface area (Å²) in [5.74, 6) is 2.17. The van der Waals surface area contributed by atoms with Crippen LogP contribution in [0, 0.1) is 45.3 Å². The molecular weight excluding hydrogens is 448 g/mol. The van der Waals surface area contributed by atoms with Gasteiger partial charge in [-0.3, -0.25) is 0 Å². The van der Waals surface area contributed by atoms with Crippen molar-refractivity contribution in [2.24, 2.45) is 45.3 Å². The van der Waals surface area contributed by atoms with E-state index in [1.807, 2.05) is 27.0 Å². The lowest BCUT2D eigenvalue weighted by Gasteiger charge is -2.65. The van der Waals surface area contributed by atoms with E-state index < -0.39 is 11.2 Å². The quantitative estimate of drug-likeness (QED) is 0.401. The van der Waals surface area contributed by atoms with Gasteiger partial charge in [-0.2, -0.15) is 0 Å². The van der Waals surface area contributed by atoms with Crippen LogP contribution in [0.3, 0.4) is 0 Å². The molecule has 4 fully saturated rings. The maximum absolute atomic E-state index is 11.0. The van der Waals surface area contributed by atoms with Gasteiger partial charge in [0.15, 0.2) is 6.29 Å². The first-order valence-corrected chi connectivity index (χ1v) is 14.7. The molecule has 2 bridgehead atoms. The molecule has 2 N–H and O–H groups in total. The molecule has 0 aromatic carbocycles. The van der Waals surface area contributed by atoms with Gasteiger partial charge in [0.1, 0.15) is 5.60 Å². The molecule has 1 spiro atoms. The molecule has 4 aliphatic carbocycles. The first kappa shape index (κ1) is 26.9. The Morgan fingerprint density at radius 1 is 1.08 bits per heavy atom. The monoisotopic (exact) mass is 500 g/mol. The van der Waals surface area contributed by atoms with Gasteiger partial charge < -0.3 is 19.7 Å². The Morgan fingerprint density at radius 3 is 2.47 bits per heavy atom. The number of aliphatic hydroxyl groups is 2. The molecule has 204 valence electrons. The highest BCUT2D eigenvalue weighted by Crippen LogP contribution is 2.78. The summed E-state index contributed by atoms with van der Waals surface area (Å²) in [5.41, 5.74) is -0.999. The number of hydrogen-bond acceptors (Lipinski definition) is 4. The van der Waals surface area contributed by atoms with Gasteiger partial charge in [-0.15, -0.1) is 0 Å². The molecule has 0 aromatic rings. The molecule has 1 aliphatic heterocycles. The van der Waals surface area contributed by atoms with E-state index in [9.17, 15) is 10.2 Å². The van der Waals surface area contributed by atoms with E-state index in [1.54, 1.807) is 0 Å². The van der Waals surface area contributed by atoms with Crippen LogP contribution >= 0.6 is 0 Å². The smallest absolute Gasteiger partial charge is 0.164 e. The molecule has 10 atom stereocenters. The van der Waals surface area contributed by atoms with Gasteiger partial charge in [-0.1, -0.05) is 58.9 Å². The summed E-state index contributed by atoms with van der Waals surface area (Å²) in [5, 5.41) is 21.1. The van der Waals surface area contributed by atoms with Crippen LogP contribution in [0.25, 0.3) is 0 Å². The zero-order valence-corrected chi connectivity index (χ0v) is 24.1. The van der Waals surface area contributed by atoms with Gasteiger partial charge in [-0.25, -0.2) is 0 Å². The van der Waals surface area contributed by atoms with Crippen LogP contribution < -0.4 is 0 Å². The number of aliphatic hydroxyl groups excluding tert-OH is 1. The average molecular weight is 501 g/mol. The Kier molecular flexibility index (Phi) is 6.28. The fourth-order valence-corrected chi connectivity index (χ4v) is 10.2. The molecule has 5 rings (SSSR count). The minimum atomic E-state index is -0.733. The maximum atomic E-state index is 11.0. The van der Waals surface area contributed by atoms with Crippen molar-refractivity contribution >= 4 is 0 Å². The molecule has 1 heterocycles. The van der Waals surface area contributed by atoms with Gasteiger partial charge in [-0.05, 0) is 93.8 Å². The first-order chi connectivity index (χ1) is 16.7. The summed E-state index contributed by atoms with van der Waals surface area (Å²) in [6, 6.07) is 0. The third kappa shape index (κ3) is 3.39. The molecule has 0 aromatic heterocycles. The highest BCUT2D eigenvalue weighted by Gasteiger charge is 2.78. The number of ether oxygens (including phenoxy) is 2. The first-order valence-electron chi connectivity index (χ1n) is 14.7. The topological polar surface area (TPSA) is 58.9 Å². The van der Waals surface area contributed by atoms with Crippen molar-refractivity contribution in [1.82, 2.24) is 0 Å². The summed E-state index contributed by atoms with van der Waals surface area (Å²) < 4.78 is 13.2. The van der Waals surface area contributed by atoms with Crippen LogP contribution in [0.15, 0.2) is 24.3 Å². The van der Waals surface area contributed by atoms with Gasteiger partial charge in [0.05, 0.1) is 11.7 Å². The lowest BCUT2D eigenvalue weighted by Crippen LogP contribution is -2.65. The van der Waals surface area contributed by atoms with Crippen molar-refractivity contribution in [3.63, 3.8) is 0 Å². The fourth-order valence-electron chi connectivity index (χ4n) is 10.2. The molecule has 1 saturated heterocycles. The van der Waals surface area contributed by atoms with Crippen LogP contribution in [0.5, 0.6) is 0 Å². The molecule has 0 radical (unpaired) electrons. The van der Waals surface area contributed by atoms with Gasteiger partial charge in [0, 0.05) is 23.9 Å². The van der Waals surface area contributed by atoms with Gasteiger partial charge >= 0.3 is 0 Å². The SMILES string of the molecule is COC1O[C@]23C=C[C@@H]4[C@@]1(CC[C@]1(C)[C@@H](C[C@H](C)C/C=C/C(C)(C)O)CC[C@@]41C)[C@@H]2CC[C@H](O)C3(C)C. The number of allylic oxidation sites excluding steroid dienone is 2. The molecule has 3 saturated carbocycles. The Balaban J connectivity index is 1.46. The average Bonchev–Trinajstić information content (AvgIpc) is 3.14. The molecule has 4 nitrogen and oxygen atoms in total. The zero-order valence-electron chi connectivity index (χ0n) is 24.1. The van der Waals surface area contributed by atoms with Crippen LogP contribution in [-0.2, 0) is 9.47 Å². The Hall–Kier alpha value is -0.680. The largest absolute Gasteiger partial charge is 0.392 e. The molecule has 1 unspecified atom stereocenters. The lowest BCUT2D eigenvalue weighted by molar-refractivity contribution is -0.225.